The third kappa shape index (κ3) is 3.20. The zero-order valence-corrected chi connectivity index (χ0v) is 12.8. The minimum atomic E-state index is 0.495. The Balaban J connectivity index is 2.23. The van der Waals surface area contributed by atoms with Crippen LogP contribution in [0.25, 0.3) is 0 Å². The molecule has 0 amide bonds. The predicted octanol–water partition coefficient (Wildman–Crippen LogP) is 3.68. The number of hydrogen-bond acceptors (Lipinski definition) is 1. The molecule has 1 aliphatic heterocycles. The van der Waals surface area contributed by atoms with Gasteiger partial charge in [-0.3, -0.25) is 0 Å². The monoisotopic (exact) mass is 295 g/mol. The molecular formula is C15H21NSe. The van der Waals surface area contributed by atoms with Gasteiger partial charge in [0.05, 0.1) is 0 Å². The number of benzene rings is 1. The van der Waals surface area contributed by atoms with Crippen LogP contribution in [0.3, 0.4) is 0 Å². The van der Waals surface area contributed by atoms with Gasteiger partial charge >= 0.3 is 111 Å². The average Bonchev–Trinajstić information content (AvgIpc) is 2.29. The van der Waals surface area contributed by atoms with E-state index < -0.39 is 0 Å². The van der Waals surface area contributed by atoms with Crippen LogP contribution in [-0.4, -0.2) is 25.6 Å². The van der Waals surface area contributed by atoms with Crippen LogP contribution in [0.15, 0.2) is 29.3 Å². The zero-order chi connectivity index (χ0) is 12.4. The van der Waals surface area contributed by atoms with Crippen molar-refractivity contribution in [3.05, 3.63) is 35.4 Å². The van der Waals surface area contributed by atoms with Crippen molar-refractivity contribution in [2.24, 2.45) is 10.9 Å². The summed E-state index contributed by atoms with van der Waals surface area (Å²) in [5.41, 5.74) is 2.67. The van der Waals surface area contributed by atoms with Crippen molar-refractivity contribution in [1.82, 2.24) is 0 Å². The standard InChI is InChI=1S/C15H21NSe/c1-10(2)14-9-12(4)16-15(17-14)13-7-5-11(3)6-8-13/h5-8,10,12,14H,9H2,1-4H3. The molecule has 17 heavy (non-hydrogen) atoms. The molecule has 0 radical (unpaired) electrons. The minimum absolute atomic E-state index is 0.495. The summed E-state index contributed by atoms with van der Waals surface area (Å²) in [5, 5.41) is 0. The Morgan fingerprint density at radius 2 is 1.88 bits per heavy atom. The van der Waals surface area contributed by atoms with E-state index in [4.69, 9.17) is 4.99 Å². The van der Waals surface area contributed by atoms with E-state index in [1.165, 1.54) is 22.2 Å². The van der Waals surface area contributed by atoms with Crippen molar-refractivity contribution in [2.75, 3.05) is 0 Å². The Labute approximate surface area is 111 Å². The van der Waals surface area contributed by atoms with E-state index in [-0.39, 0.29) is 0 Å². The Morgan fingerprint density at radius 1 is 1.24 bits per heavy atom. The molecule has 0 fully saturated rings. The molecule has 0 bridgehead atoms. The second-order valence-corrected chi connectivity index (χ2v) is 7.86. The van der Waals surface area contributed by atoms with E-state index in [1.54, 1.807) is 0 Å². The molecule has 1 heterocycles. The molecule has 0 aromatic heterocycles. The third-order valence-corrected chi connectivity index (χ3v) is 6.58. The van der Waals surface area contributed by atoms with Crippen molar-refractivity contribution in [2.45, 2.75) is 45.0 Å². The molecule has 2 heteroatoms. The zero-order valence-electron chi connectivity index (χ0n) is 11.1. The van der Waals surface area contributed by atoms with Gasteiger partial charge in [-0.1, -0.05) is 0 Å². The molecule has 0 aliphatic carbocycles. The molecule has 0 saturated heterocycles. The summed E-state index contributed by atoms with van der Waals surface area (Å²) in [6.45, 7) is 9.07. The summed E-state index contributed by atoms with van der Waals surface area (Å²) < 4.78 is 1.37. The van der Waals surface area contributed by atoms with Crippen molar-refractivity contribution < 1.29 is 0 Å². The molecule has 1 aromatic rings. The Bertz CT molecular complexity index is 405. The summed E-state index contributed by atoms with van der Waals surface area (Å²) in [6.07, 6.45) is 1.27. The predicted molar refractivity (Wildman–Crippen MR) is 76.1 cm³/mol. The van der Waals surface area contributed by atoms with E-state index in [0.29, 0.717) is 21.0 Å². The van der Waals surface area contributed by atoms with Crippen LogP contribution in [0.2, 0.25) is 4.82 Å². The second-order valence-electron chi connectivity index (χ2n) is 5.29. The Kier molecular flexibility index (Phi) is 4.06. The fraction of sp³-hybridized carbons (Fsp3) is 0.533. The summed E-state index contributed by atoms with van der Waals surface area (Å²) in [4.78, 5) is 5.71. The van der Waals surface area contributed by atoms with Gasteiger partial charge < -0.3 is 0 Å². The van der Waals surface area contributed by atoms with Crippen LogP contribution >= 0.6 is 0 Å². The quantitative estimate of drug-likeness (QED) is 0.738. The summed E-state index contributed by atoms with van der Waals surface area (Å²) >= 11 is 0.538. The first-order chi connectivity index (χ1) is 8.06. The molecule has 1 aromatic carbocycles. The molecule has 1 nitrogen and oxygen atoms in total. The Morgan fingerprint density at radius 3 is 2.47 bits per heavy atom. The van der Waals surface area contributed by atoms with E-state index in [0.717, 1.165) is 10.7 Å². The second kappa shape index (κ2) is 5.37. The third-order valence-electron chi connectivity index (χ3n) is 3.22. The fourth-order valence-electron chi connectivity index (χ4n) is 2.06. The number of hydrogen-bond donors (Lipinski definition) is 0. The fourth-order valence-corrected chi connectivity index (χ4v) is 5.09. The molecule has 92 valence electrons. The number of rotatable bonds is 2. The van der Waals surface area contributed by atoms with Gasteiger partial charge in [-0.05, 0) is 0 Å². The summed E-state index contributed by atoms with van der Waals surface area (Å²) in [7, 11) is 0. The first kappa shape index (κ1) is 12.9. The van der Waals surface area contributed by atoms with Crippen molar-refractivity contribution in [1.29, 1.82) is 0 Å². The van der Waals surface area contributed by atoms with Gasteiger partial charge in [0.1, 0.15) is 0 Å². The molecule has 0 N–H and O–H groups in total. The van der Waals surface area contributed by atoms with Gasteiger partial charge in [0.25, 0.3) is 0 Å². The number of aryl methyl sites for hydroxylation is 1. The molecule has 2 unspecified atom stereocenters. The Hall–Kier alpha value is -0.591. The van der Waals surface area contributed by atoms with Gasteiger partial charge in [-0.15, -0.1) is 0 Å². The van der Waals surface area contributed by atoms with Gasteiger partial charge in [-0.25, -0.2) is 0 Å². The van der Waals surface area contributed by atoms with Gasteiger partial charge in [0, 0.05) is 0 Å². The number of aliphatic imine (C=N–C) groups is 1. The average molecular weight is 294 g/mol. The van der Waals surface area contributed by atoms with Crippen molar-refractivity contribution in [3.8, 4) is 0 Å². The van der Waals surface area contributed by atoms with Crippen LogP contribution in [0, 0.1) is 12.8 Å². The van der Waals surface area contributed by atoms with Crippen molar-refractivity contribution in [3.63, 3.8) is 0 Å². The molecule has 1 aliphatic rings. The van der Waals surface area contributed by atoms with Gasteiger partial charge in [-0.2, -0.15) is 0 Å². The maximum absolute atomic E-state index is 4.86. The van der Waals surface area contributed by atoms with Crippen LogP contribution in [0.1, 0.15) is 38.3 Å². The summed E-state index contributed by atoms with van der Waals surface area (Å²) in [5.74, 6) is 0.786. The SMILES string of the molecule is Cc1ccc(C2=NC(C)CC(C(C)C)[Se]2)cc1. The van der Waals surface area contributed by atoms with Crippen LogP contribution in [0.5, 0.6) is 0 Å². The summed E-state index contributed by atoms with van der Waals surface area (Å²) in [6, 6.07) is 9.33. The van der Waals surface area contributed by atoms with Crippen LogP contribution in [-0.2, 0) is 0 Å². The molecule has 2 atom stereocenters. The molecule has 0 spiro atoms. The van der Waals surface area contributed by atoms with E-state index in [9.17, 15) is 0 Å². The van der Waals surface area contributed by atoms with E-state index >= 15 is 0 Å². The van der Waals surface area contributed by atoms with Gasteiger partial charge in [0.2, 0.25) is 0 Å². The van der Waals surface area contributed by atoms with Gasteiger partial charge in [0.15, 0.2) is 0 Å². The van der Waals surface area contributed by atoms with Crippen molar-refractivity contribution >= 4 is 19.6 Å². The topological polar surface area (TPSA) is 12.4 Å². The first-order valence-corrected chi connectivity index (χ1v) is 8.22. The van der Waals surface area contributed by atoms with E-state index in [1.807, 2.05) is 0 Å². The molecule has 2 rings (SSSR count). The first-order valence-electron chi connectivity index (χ1n) is 6.37. The van der Waals surface area contributed by atoms with Crippen LogP contribution in [0.4, 0.5) is 0 Å². The molecular weight excluding hydrogens is 273 g/mol. The van der Waals surface area contributed by atoms with E-state index in [2.05, 4.69) is 52.0 Å². The van der Waals surface area contributed by atoms with Crippen LogP contribution < -0.4 is 0 Å². The number of nitrogens with zero attached hydrogens (tertiary/aromatic N) is 1. The maximum atomic E-state index is 4.86. The normalized spacial score (nSPS) is 24.9. The molecule has 0 saturated carbocycles.